The summed E-state index contributed by atoms with van der Waals surface area (Å²) in [6.45, 7) is 2.00. The van der Waals surface area contributed by atoms with E-state index in [1.165, 1.54) is 10.7 Å². The lowest BCUT2D eigenvalue weighted by Gasteiger charge is -2.28. The Morgan fingerprint density at radius 2 is 2.18 bits per heavy atom. The van der Waals surface area contributed by atoms with E-state index in [0.717, 1.165) is 16.8 Å². The van der Waals surface area contributed by atoms with Gasteiger partial charge in [0.15, 0.2) is 11.3 Å². The van der Waals surface area contributed by atoms with Gasteiger partial charge >= 0.3 is 0 Å². The van der Waals surface area contributed by atoms with Gasteiger partial charge in [-0.1, -0.05) is 11.6 Å². The van der Waals surface area contributed by atoms with Crippen LogP contribution in [0.3, 0.4) is 0 Å². The lowest BCUT2D eigenvalue weighted by Crippen LogP contribution is -2.38. The second-order valence-electron chi connectivity index (χ2n) is 5.13. The monoisotopic (exact) mass is 379 g/mol. The van der Waals surface area contributed by atoms with Gasteiger partial charge in [0.2, 0.25) is 0 Å². The minimum absolute atomic E-state index is 0.0924. The van der Waals surface area contributed by atoms with Crippen LogP contribution in [0.4, 0.5) is 0 Å². The minimum atomic E-state index is -0.0924. The van der Waals surface area contributed by atoms with Crippen LogP contribution in [0, 0.1) is 0 Å². The molecule has 4 rings (SSSR count). The van der Waals surface area contributed by atoms with Gasteiger partial charge in [0.1, 0.15) is 0 Å². The Balaban J connectivity index is 1.63. The topological polar surface area (TPSA) is 55.4 Å². The van der Waals surface area contributed by atoms with Crippen molar-refractivity contribution in [3.63, 3.8) is 0 Å². The predicted molar refractivity (Wildman–Crippen MR) is 84.9 cm³/mol. The molecule has 0 fully saturated rings. The van der Waals surface area contributed by atoms with Gasteiger partial charge in [-0.15, -0.1) is 0 Å². The highest BCUT2D eigenvalue weighted by molar-refractivity contribution is 9.10. The van der Waals surface area contributed by atoms with Crippen molar-refractivity contribution < 1.29 is 4.79 Å². The maximum Gasteiger partial charge on any atom is 0.274 e. The van der Waals surface area contributed by atoms with Gasteiger partial charge in [-0.05, 0) is 28.1 Å². The van der Waals surface area contributed by atoms with Crippen molar-refractivity contribution in [1.29, 1.82) is 0 Å². The van der Waals surface area contributed by atoms with Crippen LogP contribution in [0.1, 0.15) is 16.2 Å². The maximum absolute atomic E-state index is 12.6. The van der Waals surface area contributed by atoms with Crippen molar-refractivity contribution in [2.45, 2.75) is 13.1 Å². The summed E-state index contributed by atoms with van der Waals surface area (Å²) < 4.78 is 4.73. The predicted octanol–water partition coefficient (Wildman–Crippen LogP) is 2.60. The fourth-order valence-corrected chi connectivity index (χ4v) is 3.34. The molecule has 0 N–H and O–H groups in total. The van der Waals surface area contributed by atoms with Crippen LogP contribution in [0.2, 0.25) is 5.02 Å². The molecule has 1 aliphatic rings. The third kappa shape index (κ3) is 2.21. The summed E-state index contributed by atoms with van der Waals surface area (Å²) in [6, 6.07) is 5.71. The molecule has 4 heterocycles. The maximum atomic E-state index is 12.6. The van der Waals surface area contributed by atoms with Crippen molar-refractivity contribution in [2.24, 2.45) is 0 Å². The normalized spacial score (nSPS) is 14.4. The van der Waals surface area contributed by atoms with Crippen LogP contribution in [-0.4, -0.2) is 36.5 Å². The zero-order chi connectivity index (χ0) is 15.3. The van der Waals surface area contributed by atoms with Crippen molar-refractivity contribution in [3.05, 3.63) is 51.6 Å². The standard InChI is InChI=1S/C14H11BrClN5O/c15-12-2-1-10-8-19(3-4-20(10)12)14(22)11-5-13-17-6-9(16)7-21(13)18-11/h1-2,5-7H,3-4,8H2. The van der Waals surface area contributed by atoms with Crippen LogP contribution in [0.25, 0.3) is 5.65 Å². The molecule has 0 aliphatic carbocycles. The molecular formula is C14H11BrClN5O. The number of rotatable bonds is 1. The van der Waals surface area contributed by atoms with Crippen LogP contribution in [-0.2, 0) is 13.1 Å². The third-order valence-electron chi connectivity index (χ3n) is 3.75. The second kappa shape index (κ2) is 5.10. The molecule has 0 saturated carbocycles. The first-order chi connectivity index (χ1) is 10.6. The molecule has 0 bridgehead atoms. The van der Waals surface area contributed by atoms with Gasteiger partial charge in [-0.2, -0.15) is 5.10 Å². The Hall–Kier alpha value is -1.86. The zero-order valence-corrected chi connectivity index (χ0v) is 13.8. The first-order valence-electron chi connectivity index (χ1n) is 6.76. The molecule has 1 amide bonds. The number of amides is 1. The first kappa shape index (κ1) is 13.8. The summed E-state index contributed by atoms with van der Waals surface area (Å²) in [5.74, 6) is -0.0924. The summed E-state index contributed by atoms with van der Waals surface area (Å²) in [7, 11) is 0. The first-order valence-corrected chi connectivity index (χ1v) is 7.93. The number of carbonyl (C=O) groups excluding carboxylic acids is 1. The molecule has 0 radical (unpaired) electrons. The van der Waals surface area contributed by atoms with E-state index in [1.54, 1.807) is 17.2 Å². The SMILES string of the molecule is O=C(c1cc2ncc(Cl)cn2n1)N1CCn2c(Br)ccc2C1. The molecule has 3 aromatic rings. The molecule has 0 aromatic carbocycles. The smallest absolute Gasteiger partial charge is 0.274 e. The second-order valence-corrected chi connectivity index (χ2v) is 6.38. The Kier molecular flexibility index (Phi) is 3.19. The van der Waals surface area contributed by atoms with E-state index in [0.29, 0.717) is 29.5 Å². The van der Waals surface area contributed by atoms with Crippen molar-refractivity contribution in [1.82, 2.24) is 24.1 Å². The van der Waals surface area contributed by atoms with E-state index in [1.807, 2.05) is 12.1 Å². The van der Waals surface area contributed by atoms with Gasteiger partial charge in [-0.3, -0.25) is 4.79 Å². The van der Waals surface area contributed by atoms with E-state index >= 15 is 0 Å². The van der Waals surface area contributed by atoms with E-state index in [4.69, 9.17) is 11.6 Å². The number of fused-ring (bicyclic) bond motifs is 2. The summed E-state index contributed by atoms with van der Waals surface area (Å²) >= 11 is 9.40. The molecule has 1 aliphatic heterocycles. The number of aromatic nitrogens is 4. The Bertz CT molecular complexity index is 887. The fraction of sp³-hybridized carbons (Fsp3) is 0.214. The lowest BCUT2D eigenvalue weighted by molar-refractivity contribution is 0.0704. The molecule has 0 spiro atoms. The Morgan fingerprint density at radius 1 is 1.32 bits per heavy atom. The van der Waals surface area contributed by atoms with E-state index in [2.05, 4.69) is 30.6 Å². The Morgan fingerprint density at radius 3 is 3.05 bits per heavy atom. The lowest BCUT2D eigenvalue weighted by atomic mass is 10.2. The number of hydrogen-bond donors (Lipinski definition) is 0. The zero-order valence-electron chi connectivity index (χ0n) is 11.4. The van der Waals surface area contributed by atoms with Crippen LogP contribution < -0.4 is 0 Å². The number of halogens is 2. The molecule has 22 heavy (non-hydrogen) atoms. The van der Waals surface area contributed by atoms with Gasteiger partial charge < -0.3 is 9.47 Å². The number of carbonyl (C=O) groups is 1. The van der Waals surface area contributed by atoms with Crippen molar-refractivity contribution in [3.8, 4) is 0 Å². The minimum Gasteiger partial charge on any atom is -0.336 e. The molecule has 6 nitrogen and oxygen atoms in total. The van der Waals surface area contributed by atoms with E-state index in [-0.39, 0.29) is 5.91 Å². The third-order valence-corrected chi connectivity index (χ3v) is 4.64. The van der Waals surface area contributed by atoms with E-state index < -0.39 is 0 Å². The van der Waals surface area contributed by atoms with Crippen LogP contribution >= 0.6 is 27.5 Å². The molecular weight excluding hydrogens is 370 g/mol. The summed E-state index contributed by atoms with van der Waals surface area (Å²) in [5, 5.41) is 4.75. The molecule has 112 valence electrons. The summed E-state index contributed by atoms with van der Waals surface area (Å²) in [4.78, 5) is 18.6. The average molecular weight is 381 g/mol. The number of hydrogen-bond acceptors (Lipinski definition) is 3. The Labute approximate surface area is 139 Å². The highest BCUT2D eigenvalue weighted by atomic mass is 79.9. The highest BCUT2D eigenvalue weighted by Crippen LogP contribution is 2.22. The molecule has 0 atom stereocenters. The van der Waals surface area contributed by atoms with Gasteiger partial charge in [0, 0.05) is 31.0 Å². The van der Waals surface area contributed by atoms with Crippen molar-refractivity contribution in [2.75, 3.05) is 6.54 Å². The molecule has 0 saturated heterocycles. The molecule has 0 unspecified atom stereocenters. The number of nitrogens with zero attached hydrogens (tertiary/aromatic N) is 5. The van der Waals surface area contributed by atoms with Gasteiger partial charge in [0.25, 0.3) is 5.91 Å². The largest absolute Gasteiger partial charge is 0.336 e. The summed E-state index contributed by atoms with van der Waals surface area (Å²) in [6.07, 6.45) is 3.18. The molecule has 3 aromatic heterocycles. The quantitative estimate of drug-likeness (QED) is 0.652. The van der Waals surface area contributed by atoms with Crippen LogP contribution in [0.15, 0.2) is 35.2 Å². The highest BCUT2D eigenvalue weighted by Gasteiger charge is 2.24. The fourth-order valence-electron chi connectivity index (χ4n) is 2.66. The summed E-state index contributed by atoms with van der Waals surface area (Å²) in [5.41, 5.74) is 2.10. The molecule has 8 heteroatoms. The van der Waals surface area contributed by atoms with Crippen molar-refractivity contribution >= 4 is 39.1 Å². The average Bonchev–Trinajstić information content (AvgIpc) is 3.09. The van der Waals surface area contributed by atoms with E-state index in [9.17, 15) is 4.79 Å². The van der Waals surface area contributed by atoms with Gasteiger partial charge in [-0.25, -0.2) is 9.50 Å². The van der Waals surface area contributed by atoms with Crippen LogP contribution in [0.5, 0.6) is 0 Å². The van der Waals surface area contributed by atoms with Gasteiger partial charge in [0.05, 0.1) is 22.4 Å².